The van der Waals surface area contributed by atoms with Crippen molar-refractivity contribution in [2.75, 3.05) is 13.1 Å². The van der Waals surface area contributed by atoms with Crippen LogP contribution in [0, 0.1) is 5.41 Å². The molecule has 1 amide bonds. The average Bonchev–Trinajstić information content (AvgIpc) is 3.44. The van der Waals surface area contributed by atoms with Crippen LogP contribution in [0.1, 0.15) is 49.6 Å². The Hall–Kier alpha value is -2.97. The molecule has 0 saturated carbocycles. The lowest BCUT2D eigenvalue weighted by Gasteiger charge is -2.28. The molecular weight excluding hydrogens is 414 g/mol. The van der Waals surface area contributed by atoms with Crippen LogP contribution in [-0.4, -0.2) is 44.1 Å². The van der Waals surface area contributed by atoms with E-state index in [1.165, 1.54) is 5.69 Å². The summed E-state index contributed by atoms with van der Waals surface area (Å²) in [5.41, 5.74) is 3.86. The van der Waals surface area contributed by atoms with Gasteiger partial charge in [-0.25, -0.2) is 9.97 Å². The zero-order valence-corrected chi connectivity index (χ0v) is 20.1. The Morgan fingerprint density at radius 3 is 2.55 bits per heavy atom. The van der Waals surface area contributed by atoms with Crippen molar-refractivity contribution >= 4 is 5.91 Å². The van der Waals surface area contributed by atoms with Gasteiger partial charge in [0.05, 0.1) is 17.7 Å². The minimum Gasteiger partial charge on any atom is -0.348 e. The third-order valence-corrected chi connectivity index (χ3v) is 6.40. The molecule has 0 aliphatic carbocycles. The SMILES string of the molecule is C[C@H](NC(=O)c1nc(-c2ccccc2)n2c1CNCC2)C(C)(C)C.c1ncn2c1CNCC2. The summed E-state index contributed by atoms with van der Waals surface area (Å²) in [6.07, 6.45) is 3.79. The van der Waals surface area contributed by atoms with Gasteiger partial charge in [0.1, 0.15) is 5.82 Å². The van der Waals surface area contributed by atoms with E-state index in [4.69, 9.17) is 4.98 Å². The summed E-state index contributed by atoms with van der Waals surface area (Å²) in [7, 11) is 0. The van der Waals surface area contributed by atoms with E-state index in [9.17, 15) is 4.79 Å². The predicted molar refractivity (Wildman–Crippen MR) is 130 cm³/mol. The van der Waals surface area contributed by atoms with Gasteiger partial charge in [-0.3, -0.25) is 4.79 Å². The number of rotatable bonds is 3. The van der Waals surface area contributed by atoms with Gasteiger partial charge in [0.25, 0.3) is 5.91 Å². The van der Waals surface area contributed by atoms with Crippen molar-refractivity contribution < 1.29 is 4.79 Å². The predicted octanol–water partition coefficient (Wildman–Crippen LogP) is 2.80. The molecule has 2 aliphatic rings. The van der Waals surface area contributed by atoms with Crippen molar-refractivity contribution in [1.29, 1.82) is 0 Å². The smallest absolute Gasteiger partial charge is 0.272 e. The number of carbonyl (C=O) groups excluding carboxylic acids is 1. The van der Waals surface area contributed by atoms with Gasteiger partial charge in [-0.05, 0) is 12.3 Å². The summed E-state index contributed by atoms with van der Waals surface area (Å²) in [6, 6.07) is 10.1. The Kier molecular flexibility index (Phi) is 6.95. The quantitative estimate of drug-likeness (QED) is 0.572. The molecule has 0 radical (unpaired) electrons. The van der Waals surface area contributed by atoms with Crippen molar-refractivity contribution in [3.05, 3.63) is 59.9 Å². The summed E-state index contributed by atoms with van der Waals surface area (Å²) >= 11 is 0. The molecule has 5 rings (SSSR count). The minimum atomic E-state index is -0.0907. The van der Waals surface area contributed by atoms with Crippen molar-refractivity contribution in [3.8, 4) is 11.4 Å². The highest BCUT2D eigenvalue weighted by atomic mass is 16.2. The van der Waals surface area contributed by atoms with Crippen LogP contribution < -0.4 is 16.0 Å². The van der Waals surface area contributed by atoms with Crippen LogP contribution >= 0.6 is 0 Å². The zero-order chi connectivity index (χ0) is 23.4. The van der Waals surface area contributed by atoms with Gasteiger partial charge in [-0.15, -0.1) is 0 Å². The minimum absolute atomic E-state index is 0.00989. The molecule has 1 aromatic carbocycles. The Morgan fingerprint density at radius 2 is 1.82 bits per heavy atom. The number of carbonyl (C=O) groups is 1. The third-order valence-electron chi connectivity index (χ3n) is 6.40. The van der Waals surface area contributed by atoms with Crippen LogP contribution in [0.5, 0.6) is 0 Å². The summed E-state index contributed by atoms with van der Waals surface area (Å²) in [4.78, 5) is 21.5. The highest BCUT2D eigenvalue weighted by molar-refractivity contribution is 5.94. The molecular formula is C25H35N7O. The fourth-order valence-electron chi connectivity index (χ4n) is 3.89. The molecule has 0 saturated heterocycles. The molecule has 4 heterocycles. The molecule has 0 unspecified atom stereocenters. The normalized spacial score (nSPS) is 16.1. The molecule has 1 atom stereocenters. The Balaban J connectivity index is 0.000000238. The van der Waals surface area contributed by atoms with E-state index < -0.39 is 0 Å². The van der Waals surface area contributed by atoms with Gasteiger partial charge < -0.3 is 25.1 Å². The van der Waals surface area contributed by atoms with Gasteiger partial charge in [0, 0.05) is 57.1 Å². The van der Waals surface area contributed by atoms with E-state index in [2.05, 4.69) is 50.8 Å². The van der Waals surface area contributed by atoms with Crippen LogP contribution in [0.2, 0.25) is 0 Å². The van der Waals surface area contributed by atoms with E-state index in [0.29, 0.717) is 12.2 Å². The van der Waals surface area contributed by atoms with Gasteiger partial charge in [0.15, 0.2) is 5.69 Å². The number of benzene rings is 1. The second-order valence-electron chi connectivity index (χ2n) is 9.74. The first-order valence-electron chi connectivity index (χ1n) is 11.7. The van der Waals surface area contributed by atoms with E-state index >= 15 is 0 Å². The van der Waals surface area contributed by atoms with Gasteiger partial charge >= 0.3 is 0 Å². The molecule has 8 nitrogen and oxygen atoms in total. The maximum absolute atomic E-state index is 12.8. The summed E-state index contributed by atoms with van der Waals surface area (Å²) in [5, 5.41) is 9.72. The monoisotopic (exact) mass is 449 g/mol. The number of nitrogens with zero attached hydrogens (tertiary/aromatic N) is 4. The standard InChI is InChI=1S/C19H26N4O.C6H9N3/c1-13(19(2,3)4)21-18(24)16-15-12-20-10-11-23(15)17(22-16)14-8-6-5-7-9-14;1-2-9-5-8-4-6(9)3-7-1/h5-9,13,20H,10-12H2,1-4H3,(H,21,24);4-5,7H,1-3H2/t13-;/m0./s1. The topological polar surface area (TPSA) is 88.8 Å². The van der Waals surface area contributed by atoms with E-state index in [1.54, 1.807) is 0 Å². The van der Waals surface area contributed by atoms with Crippen LogP contribution in [0.3, 0.4) is 0 Å². The fraction of sp³-hybridized carbons (Fsp3) is 0.480. The van der Waals surface area contributed by atoms with Gasteiger partial charge in [0.2, 0.25) is 0 Å². The number of imidazole rings is 2. The van der Waals surface area contributed by atoms with Gasteiger partial charge in [-0.1, -0.05) is 51.1 Å². The summed E-state index contributed by atoms with van der Waals surface area (Å²) in [5.74, 6) is 0.785. The average molecular weight is 450 g/mol. The second kappa shape index (κ2) is 9.89. The molecule has 2 aliphatic heterocycles. The van der Waals surface area contributed by atoms with Crippen LogP contribution in [-0.2, 0) is 26.2 Å². The van der Waals surface area contributed by atoms with Crippen molar-refractivity contribution in [3.63, 3.8) is 0 Å². The lowest BCUT2D eigenvalue weighted by atomic mass is 9.88. The lowest BCUT2D eigenvalue weighted by Crippen LogP contribution is -2.42. The molecule has 0 spiro atoms. The number of aromatic nitrogens is 4. The molecule has 2 aromatic heterocycles. The van der Waals surface area contributed by atoms with Crippen LogP contribution in [0.25, 0.3) is 11.4 Å². The highest BCUT2D eigenvalue weighted by Crippen LogP contribution is 2.25. The molecule has 0 bridgehead atoms. The third kappa shape index (κ3) is 5.34. The molecule has 3 N–H and O–H groups in total. The molecule has 8 heteroatoms. The molecule has 0 fully saturated rings. The Morgan fingerprint density at radius 1 is 1.09 bits per heavy atom. The second-order valence-corrected chi connectivity index (χ2v) is 9.74. The van der Waals surface area contributed by atoms with Gasteiger partial charge in [-0.2, -0.15) is 0 Å². The first-order chi connectivity index (χ1) is 15.8. The lowest BCUT2D eigenvalue weighted by molar-refractivity contribution is 0.0904. The highest BCUT2D eigenvalue weighted by Gasteiger charge is 2.28. The number of hydrogen-bond acceptors (Lipinski definition) is 5. The largest absolute Gasteiger partial charge is 0.348 e. The zero-order valence-electron chi connectivity index (χ0n) is 20.1. The van der Waals surface area contributed by atoms with Crippen LogP contribution in [0.4, 0.5) is 0 Å². The molecule has 3 aromatic rings. The fourth-order valence-corrected chi connectivity index (χ4v) is 3.89. The maximum atomic E-state index is 12.8. The Bertz CT molecular complexity index is 1060. The van der Waals surface area contributed by atoms with E-state index in [-0.39, 0.29) is 17.4 Å². The first-order valence-corrected chi connectivity index (χ1v) is 11.7. The van der Waals surface area contributed by atoms with Crippen molar-refractivity contribution in [2.45, 2.75) is 59.9 Å². The van der Waals surface area contributed by atoms with Crippen molar-refractivity contribution in [2.24, 2.45) is 5.41 Å². The number of nitrogens with one attached hydrogen (secondary N) is 3. The number of hydrogen-bond donors (Lipinski definition) is 3. The first kappa shape index (κ1) is 23.2. The molecule has 176 valence electrons. The summed E-state index contributed by atoms with van der Waals surface area (Å²) < 4.78 is 4.35. The molecule has 33 heavy (non-hydrogen) atoms. The summed E-state index contributed by atoms with van der Waals surface area (Å²) in [6.45, 7) is 13.9. The van der Waals surface area contributed by atoms with E-state index in [1.807, 2.05) is 49.8 Å². The maximum Gasteiger partial charge on any atom is 0.272 e. The van der Waals surface area contributed by atoms with Crippen molar-refractivity contribution in [1.82, 2.24) is 35.1 Å². The Labute approximate surface area is 195 Å². The van der Waals surface area contributed by atoms with E-state index in [0.717, 1.165) is 49.8 Å². The number of fused-ring (bicyclic) bond motifs is 2. The number of amides is 1. The van der Waals surface area contributed by atoms with Crippen LogP contribution in [0.15, 0.2) is 42.9 Å².